The quantitative estimate of drug-likeness (QED) is 0.527. The van der Waals surface area contributed by atoms with Crippen molar-refractivity contribution in [3.8, 4) is 5.75 Å². The normalized spacial score (nSPS) is 11.8. The summed E-state index contributed by atoms with van der Waals surface area (Å²) >= 11 is -2.04. The van der Waals surface area contributed by atoms with Crippen LogP contribution in [-0.2, 0) is 11.1 Å². The van der Waals surface area contributed by atoms with E-state index in [-0.39, 0.29) is 41.9 Å². The fourth-order valence-corrected chi connectivity index (χ4v) is 1.70. The first kappa shape index (κ1) is 14.7. The molecule has 0 N–H and O–H groups in total. The molecule has 0 heterocycles. The number of hydrogen-bond acceptors (Lipinski definition) is 3. The zero-order valence-corrected chi connectivity index (χ0v) is 12.4. The van der Waals surface area contributed by atoms with Gasteiger partial charge >= 0.3 is 29.6 Å². The van der Waals surface area contributed by atoms with E-state index in [1.54, 1.807) is 0 Å². The van der Waals surface area contributed by atoms with E-state index in [4.69, 9.17) is 4.74 Å². The van der Waals surface area contributed by atoms with E-state index in [0.717, 1.165) is 10.8 Å². The molecule has 0 saturated heterocycles. The molecule has 0 amide bonds. The minimum absolute atomic E-state index is 0. The molecular formula is C12H11NaO3S. The monoisotopic (exact) mass is 258 g/mol. The van der Waals surface area contributed by atoms with Gasteiger partial charge in [0.15, 0.2) is 0 Å². The van der Waals surface area contributed by atoms with Crippen LogP contribution in [0.4, 0.5) is 0 Å². The molecule has 2 aromatic rings. The first-order chi connectivity index (χ1) is 7.75. The minimum Gasteiger partial charge on any atom is -0.772 e. The van der Waals surface area contributed by atoms with Crippen LogP contribution in [0.2, 0.25) is 0 Å². The molecule has 0 aliphatic rings. The Balaban J connectivity index is 0.00000144. The van der Waals surface area contributed by atoms with Crippen LogP contribution in [0.25, 0.3) is 10.8 Å². The number of ether oxygens (including phenoxy) is 1. The van der Waals surface area contributed by atoms with Gasteiger partial charge in [-0.1, -0.05) is 41.4 Å². The van der Waals surface area contributed by atoms with Crippen molar-refractivity contribution in [2.24, 2.45) is 0 Å². The summed E-state index contributed by atoms with van der Waals surface area (Å²) in [5.74, 6) is 0.719. The molecule has 2 rings (SSSR count). The Morgan fingerprint density at radius 3 is 2.53 bits per heavy atom. The van der Waals surface area contributed by atoms with Gasteiger partial charge in [0, 0.05) is 5.75 Å². The van der Waals surface area contributed by atoms with Gasteiger partial charge in [-0.25, -0.2) is 0 Å². The maximum absolute atomic E-state index is 10.3. The minimum atomic E-state index is -2.04. The number of fused-ring (bicyclic) bond motifs is 1. The van der Waals surface area contributed by atoms with Crippen molar-refractivity contribution in [3.63, 3.8) is 0 Å². The van der Waals surface area contributed by atoms with Crippen molar-refractivity contribution < 1.29 is 43.1 Å². The van der Waals surface area contributed by atoms with Gasteiger partial charge in [-0.3, -0.25) is 4.21 Å². The molecule has 0 bridgehead atoms. The largest absolute Gasteiger partial charge is 1.00 e. The third-order valence-corrected chi connectivity index (χ3v) is 2.74. The van der Waals surface area contributed by atoms with E-state index < -0.39 is 11.1 Å². The van der Waals surface area contributed by atoms with Crippen molar-refractivity contribution in [2.45, 2.75) is 0 Å². The van der Waals surface area contributed by atoms with E-state index in [0.29, 0.717) is 5.75 Å². The fourth-order valence-electron chi connectivity index (χ4n) is 1.48. The van der Waals surface area contributed by atoms with Gasteiger partial charge < -0.3 is 9.29 Å². The Morgan fingerprint density at radius 2 is 1.82 bits per heavy atom. The van der Waals surface area contributed by atoms with Crippen molar-refractivity contribution in [1.29, 1.82) is 0 Å². The molecule has 0 radical (unpaired) electrons. The summed E-state index contributed by atoms with van der Waals surface area (Å²) in [6.45, 7) is 0.189. The summed E-state index contributed by atoms with van der Waals surface area (Å²) in [7, 11) is 0. The van der Waals surface area contributed by atoms with Crippen LogP contribution in [0.1, 0.15) is 0 Å². The fraction of sp³-hybridized carbons (Fsp3) is 0.167. The molecule has 0 aromatic heterocycles. The molecule has 0 spiro atoms. The molecule has 84 valence electrons. The summed E-state index contributed by atoms with van der Waals surface area (Å²) in [4.78, 5) is 0. The van der Waals surface area contributed by atoms with E-state index in [1.807, 2.05) is 42.5 Å². The molecule has 1 unspecified atom stereocenters. The molecule has 2 aromatic carbocycles. The third kappa shape index (κ3) is 4.41. The second-order valence-electron chi connectivity index (χ2n) is 3.37. The molecule has 0 aliphatic heterocycles. The number of rotatable bonds is 4. The van der Waals surface area contributed by atoms with Gasteiger partial charge in [-0.05, 0) is 22.9 Å². The van der Waals surface area contributed by atoms with E-state index in [1.165, 1.54) is 0 Å². The van der Waals surface area contributed by atoms with Crippen molar-refractivity contribution >= 4 is 21.9 Å². The van der Waals surface area contributed by atoms with Crippen LogP contribution in [0.5, 0.6) is 5.75 Å². The molecule has 0 fully saturated rings. The maximum atomic E-state index is 10.3. The molecule has 5 heteroatoms. The summed E-state index contributed by atoms with van der Waals surface area (Å²) < 4.78 is 26.0. The third-order valence-electron chi connectivity index (χ3n) is 2.24. The van der Waals surface area contributed by atoms with Crippen LogP contribution in [-0.4, -0.2) is 21.1 Å². The maximum Gasteiger partial charge on any atom is 1.00 e. The average Bonchev–Trinajstić information content (AvgIpc) is 2.28. The second-order valence-corrected chi connectivity index (χ2v) is 4.38. The topological polar surface area (TPSA) is 49.4 Å². The Labute approximate surface area is 125 Å². The molecular weight excluding hydrogens is 247 g/mol. The van der Waals surface area contributed by atoms with E-state index in [9.17, 15) is 8.76 Å². The van der Waals surface area contributed by atoms with Gasteiger partial charge in [0.05, 0.1) is 6.61 Å². The molecule has 0 aliphatic carbocycles. The Kier molecular flexibility index (Phi) is 6.16. The Morgan fingerprint density at radius 1 is 1.12 bits per heavy atom. The van der Waals surface area contributed by atoms with E-state index in [2.05, 4.69) is 0 Å². The van der Waals surface area contributed by atoms with Gasteiger partial charge in [0.25, 0.3) is 0 Å². The number of hydrogen-bond donors (Lipinski definition) is 0. The molecule has 17 heavy (non-hydrogen) atoms. The number of benzene rings is 2. The summed E-state index contributed by atoms with van der Waals surface area (Å²) in [6, 6.07) is 13.7. The van der Waals surface area contributed by atoms with Crippen LogP contribution < -0.4 is 34.3 Å². The van der Waals surface area contributed by atoms with Crippen LogP contribution in [0.3, 0.4) is 0 Å². The molecule has 1 atom stereocenters. The Hall–Kier alpha value is -0.390. The van der Waals surface area contributed by atoms with Gasteiger partial charge in [-0.15, -0.1) is 0 Å². The van der Waals surface area contributed by atoms with Gasteiger partial charge in [-0.2, -0.15) is 0 Å². The smallest absolute Gasteiger partial charge is 0.772 e. The zero-order valence-electron chi connectivity index (χ0n) is 9.59. The first-order valence-corrected chi connectivity index (χ1v) is 6.17. The first-order valence-electron chi connectivity index (χ1n) is 4.93. The second kappa shape index (κ2) is 7.13. The summed E-state index contributed by atoms with van der Waals surface area (Å²) in [5.41, 5.74) is 0. The van der Waals surface area contributed by atoms with Gasteiger partial charge in [0.2, 0.25) is 0 Å². The molecule has 3 nitrogen and oxygen atoms in total. The van der Waals surface area contributed by atoms with Crippen LogP contribution >= 0.6 is 0 Å². The van der Waals surface area contributed by atoms with Gasteiger partial charge in [0.1, 0.15) is 5.75 Å². The van der Waals surface area contributed by atoms with Crippen LogP contribution in [0, 0.1) is 0 Å². The predicted molar refractivity (Wildman–Crippen MR) is 63.2 cm³/mol. The summed E-state index contributed by atoms with van der Waals surface area (Å²) in [5, 5.41) is 2.23. The average molecular weight is 258 g/mol. The summed E-state index contributed by atoms with van der Waals surface area (Å²) in [6.07, 6.45) is 0. The molecule has 0 saturated carbocycles. The SMILES string of the molecule is O=S([O-])CCOc1ccc2ccccc2c1.[Na+]. The zero-order chi connectivity index (χ0) is 11.4. The standard InChI is InChI=1S/C12H12O3S.Na/c13-16(14)8-7-15-12-6-5-10-3-1-2-4-11(10)9-12;/h1-6,9H,7-8H2,(H,13,14);/q;+1/p-1. The van der Waals surface area contributed by atoms with Crippen molar-refractivity contribution in [1.82, 2.24) is 0 Å². The van der Waals surface area contributed by atoms with Crippen molar-refractivity contribution in [3.05, 3.63) is 42.5 Å². The Bertz CT molecular complexity index is 516. The van der Waals surface area contributed by atoms with Crippen LogP contribution in [0.15, 0.2) is 42.5 Å². The van der Waals surface area contributed by atoms with E-state index >= 15 is 0 Å². The van der Waals surface area contributed by atoms with Crippen molar-refractivity contribution in [2.75, 3.05) is 12.4 Å². The predicted octanol–water partition coefficient (Wildman–Crippen LogP) is -0.898.